The Morgan fingerprint density at radius 3 is 2.33 bits per heavy atom. The van der Waals surface area contributed by atoms with Gasteiger partial charge in [0.1, 0.15) is 0 Å². The van der Waals surface area contributed by atoms with Crippen LogP contribution >= 0.6 is 0 Å². The molecule has 0 heterocycles. The van der Waals surface area contributed by atoms with Gasteiger partial charge in [0.2, 0.25) is 8.32 Å². The summed E-state index contributed by atoms with van der Waals surface area (Å²) in [7, 11) is 0.101. The third-order valence-corrected chi connectivity index (χ3v) is 1.87. The molecule has 0 aromatic heterocycles. The third kappa shape index (κ3) is 6.04. The van der Waals surface area contributed by atoms with Crippen molar-refractivity contribution < 1.29 is 9.16 Å². The number of hydrogen-bond acceptors (Lipinski definition) is 2. The fourth-order valence-electron chi connectivity index (χ4n) is 0.648. The molecule has 0 aliphatic carbocycles. The Morgan fingerprint density at radius 2 is 2.00 bits per heavy atom. The van der Waals surface area contributed by atoms with Gasteiger partial charge in [-0.05, 0) is 32.1 Å². The van der Waals surface area contributed by atoms with Crippen LogP contribution in [0.1, 0.15) is 6.42 Å². The predicted molar refractivity (Wildman–Crippen MR) is 54.3 cm³/mol. The summed E-state index contributed by atoms with van der Waals surface area (Å²) in [4.78, 5) is 0. The molecule has 2 nitrogen and oxygen atoms in total. The maximum Gasteiger partial charge on any atom is 0.261 e. The van der Waals surface area contributed by atoms with Gasteiger partial charge in [-0.3, -0.25) is 0 Å². The first kappa shape index (κ1) is 11.3. The van der Waals surface area contributed by atoms with Gasteiger partial charge in [0, 0.05) is 0 Å². The number of rotatable bonds is 5. The Kier molecular flexibility index (Phi) is 4.74. The van der Waals surface area contributed by atoms with Crippen LogP contribution in [-0.2, 0) is 9.16 Å². The van der Waals surface area contributed by atoms with E-state index in [9.17, 15) is 0 Å². The van der Waals surface area contributed by atoms with Gasteiger partial charge in [-0.2, -0.15) is 0 Å². The van der Waals surface area contributed by atoms with Gasteiger partial charge >= 0.3 is 0 Å². The molecule has 0 spiro atoms. The van der Waals surface area contributed by atoms with Crippen molar-refractivity contribution in [3.63, 3.8) is 0 Å². The van der Waals surface area contributed by atoms with E-state index in [0.717, 1.165) is 6.42 Å². The second-order valence-electron chi connectivity index (χ2n) is 3.47. The third-order valence-electron chi connectivity index (χ3n) is 1.06. The van der Waals surface area contributed by atoms with E-state index >= 15 is 0 Å². The molecule has 0 unspecified atom stereocenters. The van der Waals surface area contributed by atoms with Crippen molar-refractivity contribution in [2.24, 2.45) is 0 Å². The molecule has 0 aromatic rings. The zero-order valence-corrected chi connectivity index (χ0v) is 9.39. The molecule has 0 aliphatic heterocycles. The number of ether oxygens (including phenoxy) is 1. The molecule has 0 rings (SSSR count). The molecule has 0 saturated heterocycles. The van der Waals surface area contributed by atoms with E-state index in [1.807, 2.05) is 12.2 Å². The van der Waals surface area contributed by atoms with Crippen molar-refractivity contribution in [1.29, 1.82) is 0 Å². The van der Waals surface area contributed by atoms with Crippen LogP contribution in [0, 0.1) is 0 Å². The van der Waals surface area contributed by atoms with Crippen LogP contribution in [0.4, 0.5) is 0 Å². The van der Waals surface area contributed by atoms with Crippen LogP contribution in [0.5, 0.6) is 0 Å². The van der Waals surface area contributed by atoms with E-state index < -0.39 is 8.32 Å². The zero-order valence-electron chi connectivity index (χ0n) is 8.39. The molecule has 0 bridgehead atoms. The number of hydrogen-bond donors (Lipinski definition) is 0. The van der Waals surface area contributed by atoms with Crippen molar-refractivity contribution in [2.45, 2.75) is 26.1 Å². The lowest BCUT2D eigenvalue weighted by Crippen LogP contribution is -2.25. The molecule has 0 aliphatic rings. The van der Waals surface area contributed by atoms with Crippen molar-refractivity contribution >= 4 is 8.32 Å². The maximum atomic E-state index is 5.62. The SMILES string of the molecule is C=CC/C=C(\OC)O[Si](C)(C)C. The highest BCUT2D eigenvalue weighted by Crippen LogP contribution is 2.11. The molecule has 0 saturated carbocycles. The fourth-order valence-corrected chi connectivity index (χ4v) is 1.42. The van der Waals surface area contributed by atoms with Crippen molar-refractivity contribution in [2.75, 3.05) is 7.11 Å². The molecule has 0 atom stereocenters. The van der Waals surface area contributed by atoms with Crippen molar-refractivity contribution in [1.82, 2.24) is 0 Å². The lowest BCUT2D eigenvalue weighted by Gasteiger charge is -2.20. The minimum atomic E-state index is -1.52. The first-order valence-electron chi connectivity index (χ1n) is 4.03. The van der Waals surface area contributed by atoms with Crippen LogP contribution in [0.25, 0.3) is 0 Å². The van der Waals surface area contributed by atoms with E-state index in [1.165, 1.54) is 0 Å². The monoisotopic (exact) mass is 186 g/mol. The topological polar surface area (TPSA) is 18.5 Å². The largest absolute Gasteiger partial charge is 0.520 e. The molecule has 70 valence electrons. The summed E-state index contributed by atoms with van der Waals surface area (Å²) in [5, 5.41) is 0. The summed E-state index contributed by atoms with van der Waals surface area (Å²) in [6.07, 6.45) is 4.49. The Balaban J connectivity index is 4.07. The summed E-state index contributed by atoms with van der Waals surface area (Å²) in [6.45, 7) is 9.98. The molecular weight excluding hydrogens is 168 g/mol. The summed E-state index contributed by atoms with van der Waals surface area (Å²) in [5.74, 6) is 0.620. The smallest absolute Gasteiger partial charge is 0.261 e. The Labute approximate surface area is 76.0 Å². The molecular formula is C9H18O2Si. The molecule has 0 amide bonds. The van der Waals surface area contributed by atoms with E-state index in [4.69, 9.17) is 9.16 Å². The first-order chi connectivity index (χ1) is 5.49. The van der Waals surface area contributed by atoms with E-state index in [1.54, 1.807) is 7.11 Å². The second kappa shape index (κ2) is 5.03. The fraction of sp³-hybridized carbons (Fsp3) is 0.556. The Hall–Kier alpha value is -0.703. The van der Waals surface area contributed by atoms with E-state index in [0.29, 0.717) is 5.95 Å². The van der Waals surface area contributed by atoms with Gasteiger partial charge in [0.25, 0.3) is 5.95 Å². The molecule has 3 heteroatoms. The highest BCUT2D eigenvalue weighted by atomic mass is 28.4. The Bertz CT molecular complexity index is 168. The average Bonchev–Trinajstić information content (AvgIpc) is 1.95. The van der Waals surface area contributed by atoms with Gasteiger partial charge < -0.3 is 9.16 Å². The normalized spacial score (nSPS) is 12.5. The molecule has 12 heavy (non-hydrogen) atoms. The number of allylic oxidation sites excluding steroid dienone is 2. The zero-order chi connectivity index (χ0) is 9.61. The lowest BCUT2D eigenvalue weighted by atomic mass is 10.4. The Morgan fingerprint density at radius 1 is 1.42 bits per heavy atom. The molecule has 0 N–H and O–H groups in total. The van der Waals surface area contributed by atoms with Crippen molar-refractivity contribution in [3.05, 3.63) is 24.7 Å². The van der Waals surface area contributed by atoms with Gasteiger partial charge in [-0.15, -0.1) is 6.58 Å². The van der Waals surface area contributed by atoms with Crippen LogP contribution in [0.15, 0.2) is 24.7 Å². The summed E-state index contributed by atoms with van der Waals surface area (Å²) in [6, 6.07) is 0. The number of methoxy groups -OCH3 is 1. The van der Waals surface area contributed by atoms with E-state index in [-0.39, 0.29) is 0 Å². The van der Waals surface area contributed by atoms with Crippen LogP contribution in [0.3, 0.4) is 0 Å². The second-order valence-corrected chi connectivity index (χ2v) is 7.89. The van der Waals surface area contributed by atoms with Crippen molar-refractivity contribution in [3.8, 4) is 0 Å². The standard InChI is InChI=1S/C9H18O2Si/c1-6-7-8-9(10-2)11-12(3,4)5/h6,8H,1,7H2,2-5H3/b9-8+. The summed E-state index contributed by atoms with van der Waals surface area (Å²) in [5.41, 5.74) is 0. The van der Waals surface area contributed by atoms with Gasteiger partial charge in [-0.25, -0.2) is 0 Å². The van der Waals surface area contributed by atoms with Gasteiger partial charge in [0.05, 0.1) is 7.11 Å². The minimum Gasteiger partial charge on any atom is -0.520 e. The molecule has 0 aromatic carbocycles. The van der Waals surface area contributed by atoms with Gasteiger partial charge in [-0.1, -0.05) is 6.08 Å². The van der Waals surface area contributed by atoms with Gasteiger partial charge in [0.15, 0.2) is 0 Å². The highest BCUT2D eigenvalue weighted by molar-refractivity contribution is 6.69. The average molecular weight is 186 g/mol. The van der Waals surface area contributed by atoms with Crippen LogP contribution < -0.4 is 0 Å². The maximum absolute atomic E-state index is 5.62. The van der Waals surface area contributed by atoms with Crippen LogP contribution in [0.2, 0.25) is 19.6 Å². The van der Waals surface area contributed by atoms with E-state index in [2.05, 4.69) is 26.2 Å². The minimum absolute atomic E-state index is 0.620. The summed E-state index contributed by atoms with van der Waals surface area (Å²) < 4.78 is 10.7. The first-order valence-corrected chi connectivity index (χ1v) is 7.44. The highest BCUT2D eigenvalue weighted by Gasteiger charge is 2.17. The predicted octanol–water partition coefficient (Wildman–Crippen LogP) is 2.90. The van der Waals surface area contributed by atoms with Crippen LogP contribution in [-0.4, -0.2) is 15.4 Å². The molecule has 0 radical (unpaired) electrons. The summed E-state index contributed by atoms with van der Waals surface area (Å²) >= 11 is 0. The molecule has 0 fully saturated rings. The quantitative estimate of drug-likeness (QED) is 0.373. The lowest BCUT2D eigenvalue weighted by molar-refractivity contribution is 0.146.